The van der Waals surface area contributed by atoms with Crippen molar-refractivity contribution in [2.24, 2.45) is 0 Å². The molecule has 0 aromatic carbocycles. The first-order valence-corrected chi connectivity index (χ1v) is 19.6. The van der Waals surface area contributed by atoms with Crippen LogP contribution in [0.1, 0.15) is 0 Å². The van der Waals surface area contributed by atoms with Crippen LogP contribution in [0, 0.1) is 0 Å². The quantitative estimate of drug-likeness (QED) is 0.140. The maximum absolute atomic E-state index is 14.6. The molecule has 1 rings (SSSR count). The van der Waals surface area contributed by atoms with Crippen LogP contribution in [0.25, 0.3) is 0 Å². The van der Waals surface area contributed by atoms with Gasteiger partial charge in [0, 0.05) is 0 Å². The Morgan fingerprint density at radius 1 is 0.352 bits per heavy atom. The molecule has 13 nitrogen and oxygen atoms in total. The first-order chi connectivity index (χ1) is 23.0. The fourth-order valence-corrected chi connectivity index (χ4v) is 7.70. The Labute approximate surface area is 403 Å². The molecule has 1 heterocycles. The van der Waals surface area contributed by atoms with Gasteiger partial charge in [0.05, 0.1) is 0 Å². The van der Waals surface area contributed by atoms with Gasteiger partial charge in [-0.05, 0) is 0 Å². The number of hydrogen-bond acceptors (Lipinski definition) is 13. The fourth-order valence-electron chi connectivity index (χ4n) is 4.86. The highest BCUT2D eigenvalue weighted by molar-refractivity contribution is 6.83. The van der Waals surface area contributed by atoms with Gasteiger partial charge in [0.2, 0.25) is 68.5 Å². The Kier molecular flexibility index (Phi) is 16.7. The van der Waals surface area contributed by atoms with E-state index in [-0.39, 0.29) is 0 Å². The van der Waals surface area contributed by atoms with Crippen LogP contribution in [0.2, 0.25) is 0 Å². The summed E-state index contributed by atoms with van der Waals surface area (Å²) in [5.74, 6) is -28.3. The van der Waals surface area contributed by atoms with Gasteiger partial charge in [-0.2, -0.15) is 0 Å². The Hall–Kier alpha value is 3.54. The molecule has 0 unspecified atom stereocenters. The van der Waals surface area contributed by atoms with Gasteiger partial charge < -0.3 is 30.3 Å². The van der Waals surface area contributed by atoms with Gasteiger partial charge >= 0.3 is 0 Å². The van der Waals surface area contributed by atoms with Crippen molar-refractivity contribution >= 4 is 284 Å². The predicted octanol–water partition coefficient (Wildman–Crippen LogP) is 5.94. The van der Waals surface area contributed by atoms with E-state index < -0.39 is 101 Å². The van der Waals surface area contributed by atoms with E-state index in [0.717, 1.165) is 0 Å². The molecular formula is C20H5Cl21O13. The summed E-state index contributed by atoms with van der Waals surface area (Å²) in [4.78, 5) is 99.4. The largest absolute Gasteiger partial charge is 0.375 e. The second kappa shape index (κ2) is 16.3. The third kappa shape index (κ3) is 8.61. The number of carbonyl (C=O) groups excluding carboxylic acids is 7. The summed E-state index contributed by atoms with van der Waals surface area (Å²) in [6.07, 6.45) is 0. The lowest BCUT2D eigenvalue weighted by Crippen LogP contribution is -3.01. The topological polar surface area (TPSA) is 230 Å². The zero-order chi connectivity index (χ0) is 44.2. The normalized spacial score (nSPS) is 29.4. The molecule has 310 valence electrons. The van der Waals surface area contributed by atoms with E-state index in [1.807, 2.05) is 0 Å². The number of Topliss-reactive ketones (excluding diaryl/α,β-unsaturated/α-hetero) is 7. The van der Waals surface area contributed by atoms with Gasteiger partial charge in [-0.25, -0.2) is 0 Å². The summed E-state index contributed by atoms with van der Waals surface area (Å²) in [5.41, 5.74) is -29.8. The summed E-state index contributed by atoms with van der Waals surface area (Å²) >= 11 is 118. The van der Waals surface area contributed by atoms with Crippen LogP contribution in [0.15, 0.2) is 0 Å². The molecule has 0 saturated carbocycles. The Balaban J connectivity index is 5.77. The molecule has 5 atom stereocenters. The molecule has 0 aromatic heterocycles. The minimum absolute atomic E-state index is 3.13. The van der Waals surface area contributed by atoms with Crippen LogP contribution in [0.3, 0.4) is 0 Å². The molecule has 1 aliphatic heterocycles. The Bertz CT molecular complexity index is 1640. The van der Waals surface area contributed by atoms with Gasteiger partial charge in [-0.3, -0.25) is 33.6 Å². The number of hydrogen-bond donors (Lipinski definition) is 5. The lowest BCUT2D eigenvalue weighted by Gasteiger charge is -2.67. The average Bonchev–Trinajstić information content (AvgIpc) is 2.95. The fraction of sp³-hybridized carbons (Fsp3) is 0.650. The van der Waals surface area contributed by atoms with Crippen molar-refractivity contribution in [1.29, 1.82) is 0 Å². The van der Waals surface area contributed by atoms with Crippen molar-refractivity contribution in [3.05, 3.63) is 0 Å². The second-order valence-electron chi connectivity index (χ2n) is 10.1. The molecule has 1 fully saturated rings. The summed E-state index contributed by atoms with van der Waals surface area (Å²) in [7, 11) is 0. The predicted molar refractivity (Wildman–Crippen MR) is 206 cm³/mol. The third-order valence-corrected chi connectivity index (χ3v) is 10.5. The zero-order valence-electron chi connectivity index (χ0n) is 23.4. The highest BCUT2D eigenvalue weighted by atomic mass is 35.6. The van der Waals surface area contributed by atoms with Crippen molar-refractivity contribution in [1.82, 2.24) is 0 Å². The summed E-state index contributed by atoms with van der Waals surface area (Å²) in [6.45, 7) is 0. The lowest BCUT2D eigenvalue weighted by molar-refractivity contribution is -0.420. The van der Waals surface area contributed by atoms with E-state index in [1.165, 1.54) is 0 Å². The van der Waals surface area contributed by atoms with Gasteiger partial charge in [-0.15, -0.1) is 0 Å². The highest BCUT2D eigenvalue weighted by Crippen LogP contribution is 2.66. The molecular weight excluding hydrogens is 1190 g/mol. The SMILES string of the molecule is O=C(C(Cl)(Cl)Cl)C(O)(C(=O)C(Cl)(Cl)Cl)[C@@]1(C(=O)C(Cl)(Cl)Cl)O[C@](O)(C(=O)C(Cl)(Cl)Cl)[C@@](O)(C(=O)C(Cl)(Cl)Cl)[C@](O)(C(=O)C(Cl)(Cl)Cl)[C@@]1(O)C(=O)C(Cl)(Cl)Cl. The third-order valence-electron chi connectivity index (χ3n) is 6.93. The van der Waals surface area contributed by atoms with Crippen molar-refractivity contribution in [2.45, 2.75) is 60.3 Å². The highest BCUT2D eigenvalue weighted by Gasteiger charge is 2.99. The summed E-state index contributed by atoms with van der Waals surface area (Å²) < 4.78 is -24.4. The molecule has 0 bridgehead atoms. The number of carbonyl (C=O) groups is 7. The molecule has 0 radical (unpaired) electrons. The van der Waals surface area contributed by atoms with Gasteiger partial charge in [0.25, 0.3) is 32.3 Å². The molecule has 0 amide bonds. The van der Waals surface area contributed by atoms with Crippen molar-refractivity contribution < 1.29 is 63.8 Å². The average molecular weight is 1200 g/mol. The molecule has 0 aromatic rings. The van der Waals surface area contributed by atoms with Crippen molar-refractivity contribution in [2.75, 3.05) is 0 Å². The van der Waals surface area contributed by atoms with E-state index in [4.69, 9.17) is 248 Å². The van der Waals surface area contributed by atoms with Gasteiger partial charge in [0.1, 0.15) is 0 Å². The molecule has 5 N–H and O–H groups in total. The smallest absolute Gasteiger partial charge is 0.273 e. The minimum atomic E-state index is -6.11. The van der Waals surface area contributed by atoms with Crippen LogP contribution in [-0.4, -0.2) is 126 Å². The van der Waals surface area contributed by atoms with Crippen molar-refractivity contribution in [3.63, 3.8) is 0 Å². The molecule has 34 heteroatoms. The molecule has 1 saturated heterocycles. The van der Waals surface area contributed by atoms with Crippen molar-refractivity contribution in [3.8, 4) is 0 Å². The monoisotopic (exact) mass is 1190 g/mol. The lowest BCUT2D eigenvalue weighted by atomic mass is 9.49. The Morgan fingerprint density at radius 2 is 0.593 bits per heavy atom. The van der Waals surface area contributed by atoms with E-state index in [2.05, 4.69) is 0 Å². The maximum Gasteiger partial charge on any atom is 0.273 e. The number of ether oxygens (including phenoxy) is 1. The standard InChI is InChI=1S/C20H5Cl21O13/c21-14(22,23)1(42)8(49,2(43)15(24,25)26)12(6(47)19(36,37)38)10(51,4(45)17(30,31)32)9(50,3(44)16(27,28)29)11(52,5(46)18(33,34)35)13(53,54-12)7(48)20(39,40)41/h49-53H/t9-,10-,11+,12+,13+/m0/s1. The van der Waals surface area contributed by atoms with Crippen LogP contribution < -0.4 is 0 Å². The maximum atomic E-state index is 14.6. The number of aliphatic hydroxyl groups is 5. The first-order valence-electron chi connectivity index (χ1n) is 11.7. The van der Waals surface area contributed by atoms with Gasteiger partial charge in [-0.1, -0.05) is 244 Å². The van der Waals surface area contributed by atoms with E-state index in [0.29, 0.717) is 0 Å². The number of rotatable bonds is 8. The second-order valence-corrected chi connectivity index (χ2v) is 26.0. The number of alkyl halides is 21. The van der Waals surface area contributed by atoms with Crippen LogP contribution >= 0.6 is 244 Å². The zero-order valence-corrected chi connectivity index (χ0v) is 39.3. The molecule has 0 aliphatic carbocycles. The van der Waals surface area contributed by atoms with E-state index >= 15 is 0 Å². The summed E-state index contributed by atoms with van der Waals surface area (Å²) in [6, 6.07) is 0. The van der Waals surface area contributed by atoms with Crippen LogP contribution in [0.4, 0.5) is 0 Å². The number of halogens is 21. The first kappa shape index (κ1) is 55.6. The molecule has 0 spiro atoms. The number of ketones is 7. The molecule has 54 heavy (non-hydrogen) atoms. The van der Waals surface area contributed by atoms with E-state index in [9.17, 15) is 59.1 Å². The van der Waals surface area contributed by atoms with Crippen LogP contribution in [0.5, 0.6) is 0 Å². The van der Waals surface area contributed by atoms with Crippen LogP contribution in [-0.2, 0) is 38.3 Å². The summed E-state index contributed by atoms with van der Waals surface area (Å²) in [5, 5.41) is 62.0. The van der Waals surface area contributed by atoms with E-state index in [1.54, 1.807) is 0 Å². The molecule has 1 aliphatic rings. The Morgan fingerprint density at radius 3 is 0.833 bits per heavy atom. The van der Waals surface area contributed by atoms with Gasteiger partial charge in [0.15, 0.2) is 0 Å². The minimum Gasteiger partial charge on any atom is -0.375 e.